The molecular weight excluding hydrogens is 293 g/mol. The molecule has 9 heteroatoms. The standard InChI is InChI=1S/C12H19F3N2O4/c1-3-7(6-21-2)16-11(20)17-4-8(10(18)19)9(5-17)12(13,14)15/h7-9H,3-6H2,1-2H3,(H,16,20)(H,18,19)/t7?,8-,9-/m1/s1. The molecule has 2 amide bonds. The lowest BCUT2D eigenvalue weighted by Gasteiger charge is -2.22. The molecule has 1 fully saturated rings. The normalized spacial score (nSPS) is 24.0. The van der Waals surface area contributed by atoms with Crippen LogP contribution < -0.4 is 5.32 Å². The van der Waals surface area contributed by atoms with Crippen LogP contribution in [0.3, 0.4) is 0 Å². The highest BCUT2D eigenvalue weighted by molar-refractivity contribution is 5.78. The van der Waals surface area contributed by atoms with Gasteiger partial charge in [0.05, 0.1) is 24.5 Å². The lowest BCUT2D eigenvalue weighted by molar-refractivity contribution is -0.187. The molecule has 0 radical (unpaired) electrons. The molecule has 0 aromatic heterocycles. The summed E-state index contributed by atoms with van der Waals surface area (Å²) in [4.78, 5) is 23.8. The van der Waals surface area contributed by atoms with Crippen molar-refractivity contribution in [2.75, 3.05) is 26.8 Å². The SMILES string of the molecule is CCC(COC)NC(=O)N1C[C@@H](C(F)(F)F)[C@H](C(=O)O)C1. The maximum atomic E-state index is 12.8. The number of halogens is 3. The number of alkyl halides is 3. The van der Waals surface area contributed by atoms with Gasteiger partial charge in [-0.25, -0.2) is 4.79 Å². The molecule has 0 aromatic rings. The number of carboxylic acids is 1. The summed E-state index contributed by atoms with van der Waals surface area (Å²) in [6.07, 6.45) is -4.09. The first kappa shape index (κ1) is 17.5. The van der Waals surface area contributed by atoms with E-state index >= 15 is 0 Å². The Labute approximate surface area is 120 Å². The number of methoxy groups -OCH3 is 1. The van der Waals surface area contributed by atoms with E-state index in [0.717, 1.165) is 4.90 Å². The molecule has 21 heavy (non-hydrogen) atoms. The van der Waals surface area contributed by atoms with E-state index in [2.05, 4.69) is 5.32 Å². The number of aliphatic carboxylic acids is 1. The molecule has 1 aliphatic heterocycles. The van der Waals surface area contributed by atoms with Gasteiger partial charge in [-0.15, -0.1) is 0 Å². The Morgan fingerprint density at radius 2 is 2.05 bits per heavy atom. The molecule has 1 unspecified atom stereocenters. The molecule has 122 valence electrons. The van der Waals surface area contributed by atoms with E-state index in [4.69, 9.17) is 9.84 Å². The van der Waals surface area contributed by atoms with Crippen LogP contribution in [0.1, 0.15) is 13.3 Å². The Balaban J connectivity index is 2.73. The summed E-state index contributed by atoms with van der Waals surface area (Å²) in [5, 5.41) is 11.4. The first-order valence-electron chi connectivity index (χ1n) is 6.54. The van der Waals surface area contributed by atoms with Gasteiger partial charge in [0.15, 0.2) is 0 Å². The van der Waals surface area contributed by atoms with Gasteiger partial charge in [-0.3, -0.25) is 4.79 Å². The van der Waals surface area contributed by atoms with Crippen LogP contribution in [-0.4, -0.2) is 61.0 Å². The van der Waals surface area contributed by atoms with Crippen molar-refractivity contribution in [1.82, 2.24) is 10.2 Å². The number of nitrogens with one attached hydrogen (secondary N) is 1. The van der Waals surface area contributed by atoms with Gasteiger partial charge >= 0.3 is 18.2 Å². The molecule has 3 atom stereocenters. The molecule has 1 saturated heterocycles. The van der Waals surface area contributed by atoms with E-state index in [9.17, 15) is 22.8 Å². The lowest BCUT2D eigenvalue weighted by Crippen LogP contribution is -2.45. The number of carboxylic acid groups (broad SMARTS) is 1. The maximum absolute atomic E-state index is 12.8. The van der Waals surface area contributed by atoms with Crippen molar-refractivity contribution in [3.05, 3.63) is 0 Å². The fourth-order valence-electron chi connectivity index (χ4n) is 2.28. The molecule has 0 aromatic carbocycles. The highest BCUT2D eigenvalue weighted by atomic mass is 19.4. The molecule has 1 rings (SSSR count). The Morgan fingerprint density at radius 1 is 1.43 bits per heavy atom. The second-order valence-corrected chi connectivity index (χ2v) is 5.01. The van der Waals surface area contributed by atoms with E-state index in [-0.39, 0.29) is 12.6 Å². The molecule has 0 saturated carbocycles. The largest absolute Gasteiger partial charge is 0.481 e. The van der Waals surface area contributed by atoms with Crippen LogP contribution in [0.5, 0.6) is 0 Å². The topological polar surface area (TPSA) is 78.9 Å². The van der Waals surface area contributed by atoms with Crippen LogP contribution in [0, 0.1) is 11.8 Å². The van der Waals surface area contributed by atoms with Crippen LogP contribution >= 0.6 is 0 Å². The second-order valence-electron chi connectivity index (χ2n) is 5.01. The van der Waals surface area contributed by atoms with Crippen molar-refractivity contribution in [3.8, 4) is 0 Å². The monoisotopic (exact) mass is 312 g/mol. The highest BCUT2D eigenvalue weighted by Gasteiger charge is 2.53. The molecule has 1 heterocycles. The number of ether oxygens (including phenoxy) is 1. The average molecular weight is 312 g/mol. The minimum absolute atomic E-state index is 0.237. The summed E-state index contributed by atoms with van der Waals surface area (Å²) in [7, 11) is 1.45. The van der Waals surface area contributed by atoms with E-state index in [0.29, 0.717) is 6.42 Å². The van der Waals surface area contributed by atoms with E-state index < -0.39 is 43.1 Å². The van der Waals surface area contributed by atoms with Gasteiger partial charge in [0.1, 0.15) is 0 Å². The zero-order chi connectivity index (χ0) is 16.2. The van der Waals surface area contributed by atoms with Crippen molar-refractivity contribution in [2.24, 2.45) is 11.8 Å². The van der Waals surface area contributed by atoms with Crippen LogP contribution in [0.4, 0.5) is 18.0 Å². The molecule has 2 N–H and O–H groups in total. The summed E-state index contributed by atoms with van der Waals surface area (Å²) in [6.45, 7) is 0.943. The highest BCUT2D eigenvalue weighted by Crippen LogP contribution is 2.37. The molecule has 6 nitrogen and oxygen atoms in total. The Kier molecular flexibility index (Phi) is 5.82. The predicted molar refractivity (Wildman–Crippen MR) is 66.7 cm³/mol. The fourth-order valence-corrected chi connectivity index (χ4v) is 2.28. The average Bonchev–Trinajstić information content (AvgIpc) is 2.83. The molecular formula is C12H19F3N2O4. The van der Waals surface area contributed by atoms with Crippen LogP contribution in [0.15, 0.2) is 0 Å². The number of likely N-dealkylation sites (tertiary alicyclic amines) is 1. The predicted octanol–water partition coefficient (Wildman–Crippen LogP) is 1.32. The Hall–Kier alpha value is -1.51. The number of rotatable bonds is 5. The number of carbonyl (C=O) groups is 2. The molecule has 0 bridgehead atoms. The summed E-state index contributed by atoms with van der Waals surface area (Å²) < 4.78 is 43.3. The quantitative estimate of drug-likeness (QED) is 0.802. The summed E-state index contributed by atoms with van der Waals surface area (Å²) in [5.74, 6) is -5.21. The number of carbonyl (C=O) groups excluding carboxylic acids is 1. The Morgan fingerprint density at radius 3 is 2.43 bits per heavy atom. The van der Waals surface area contributed by atoms with Crippen molar-refractivity contribution < 1.29 is 32.6 Å². The van der Waals surface area contributed by atoms with Gasteiger partial charge in [0.2, 0.25) is 0 Å². The third-order valence-electron chi connectivity index (χ3n) is 3.53. The third kappa shape index (κ3) is 4.48. The number of nitrogens with zero attached hydrogens (tertiary/aromatic N) is 1. The lowest BCUT2D eigenvalue weighted by atomic mass is 9.96. The van der Waals surface area contributed by atoms with Crippen molar-refractivity contribution in [3.63, 3.8) is 0 Å². The van der Waals surface area contributed by atoms with Crippen LogP contribution in [0.2, 0.25) is 0 Å². The fraction of sp³-hybridized carbons (Fsp3) is 0.833. The van der Waals surface area contributed by atoms with Gasteiger partial charge in [0, 0.05) is 20.2 Å². The summed E-state index contributed by atoms with van der Waals surface area (Å²) in [6, 6.07) is -1.02. The minimum atomic E-state index is -4.64. The Bertz CT molecular complexity index is 389. The van der Waals surface area contributed by atoms with E-state index in [1.807, 2.05) is 0 Å². The zero-order valence-corrected chi connectivity index (χ0v) is 11.8. The second kappa shape index (κ2) is 6.97. The van der Waals surface area contributed by atoms with Gasteiger partial charge in [-0.05, 0) is 6.42 Å². The maximum Gasteiger partial charge on any atom is 0.394 e. The third-order valence-corrected chi connectivity index (χ3v) is 3.53. The van der Waals surface area contributed by atoms with Gasteiger partial charge in [0.25, 0.3) is 0 Å². The number of amides is 2. The van der Waals surface area contributed by atoms with Gasteiger partial charge in [-0.1, -0.05) is 6.92 Å². The van der Waals surface area contributed by atoms with Gasteiger partial charge < -0.3 is 20.1 Å². The van der Waals surface area contributed by atoms with E-state index in [1.165, 1.54) is 7.11 Å². The van der Waals surface area contributed by atoms with Crippen LogP contribution in [0.25, 0.3) is 0 Å². The number of hydrogen-bond donors (Lipinski definition) is 2. The summed E-state index contributed by atoms with van der Waals surface area (Å²) in [5.41, 5.74) is 0. The molecule has 0 aliphatic carbocycles. The van der Waals surface area contributed by atoms with Crippen LogP contribution in [-0.2, 0) is 9.53 Å². The summed E-state index contributed by atoms with van der Waals surface area (Å²) >= 11 is 0. The molecule has 1 aliphatic rings. The van der Waals surface area contributed by atoms with E-state index in [1.54, 1.807) is 6.92 Å². The van der Waals surface area contributed by atoms with Crippen molar-refractivity contribution in [1.29, 1.82) is 0 Å². The first-order valence-corrected chi connectivity index (χ1v) is 6.54. The zero-order valence-electron chi connectivity index (χ0n) is 11.8. The minimum Gasteiger partial charge on any atom is -0.481 e. The number of urea groups is 1. The van der Waals surface area contributed by atoms with Crippen molar-refractivity contribution >= 4 is 12.0 Å². The number of hydrogen-bond acceptors (Lipinski definition) is 3. The molecule has 0 spiro atoms. The smallest absolute Gasteiger partial charge is 0.394 e. The first-order chi connectivity index (χ1) is 9.70. The van der Waals surface area contributed by atoms with Crippen molar-refractivity contribution in [2.45, 2.75) is 25.6 Å². The van der Waals surface area contributed by atoms with Gasteiger partial charge in [-0.2, -0.15) is 13.2 Å².